The lowest BCUT2D eigenvalue weighted by atomic mass is 10.0. The average Bonchev–Trinajstić information content (AvgIpc) is 2.82. The topological polar surface area (TPSA) is 65.1 Å². The number of alkyl halides is 5. The van der Waals surface area contributed by atoms with Crippen molar-refractivity contribution in [3.63, 3.8) is 0 Å². The fourth-order valence-electron chi connectivity index (χ4n) is 4.84. The van der Waals surface area contributed by atoms with Crippen molar-refractivity contribution in [1.29, 1.82) is 0 Å². The number of rotatable bonds is 10. The van der Waals surface area contributed by atoms with Gasteiger partial charge in [0.25, 0.3) is 6.43 Å². The molecule has 206 valence electrons. The molecule has 0 amide bonds. The summed E-state index contributed by atoms with van der Waals surface area (Å²) >= 11 is 0. The van der Waals surface area contributed by atoms with E-state index in [4.69, 9.17) is 4.74 Å². The van der Waals surface area contributed by atoms with Crippen LogP contribution in [0, 0.1) is 0 Å². The van der Waals surface area contributed by atoms with E-state index in [0.717, 1.165) is 25.5 Å². The Bertz CT molecular complexity index is 948. The second-order valence-electron chi connectivity index (χ2n) is 9.46. The maximum atomic E-state index is 13.5. The number of anilines is 1. The van der Waals surface area contributed by atoms with Gasteiger partial charge in [0.05, 0.1) is 24.4 Å². The third-order valence-electron chi connectivity index (χ3n) is 6.96. The molecule has 7 nitrogen and oxygen atoms in total. The molecule has 13 heteroatoms. The van der Waals surface area contributed by atoms with Gasteiger partial charge in [0.15, 0.2) is 0 Å². The summed E-state index contributed by atoms with van der Waals surface area (Å²) in [7, 11) is -0.672. The van der Waals surface area contributed by atoms with Crippen LogP contribution in [-0.2, 0) is 20.9 Å². The Morgan fingerprint density at radius 1 is 1.11 bits per heavy atom. The van der Waals surface area contributed by atoms with Crippen molar-refractivity contribution in [2.45, 2.75) is 55.3 Å². The van der Waals surface area contributed by atoms with Crippen LogP contribution in [0.2, 0.25) is 0 Å². The van der Waals surface area contributed by atoms with Crippen molar-refractivity contribution in [2.24, 2.45) is 0 Å². The highest BCUT2D eigenvalue weighted by atomic mass is 32.2. The Hall–Kier alpha value is -1.54. The first-order valence-corrected chi connectivity index (χ1v) is 13.6. The van der Waals surface area contributed by atoms with Crippen molar-refractivity contribution in [1.82, 2.24) is 14.5 Å². The second kappa shape index (κ2) is 12.3. The van der Waals surface area contributed by atoms with Crippen LogP contribution in [0.4, 0.5) is 27.6 Å². The van der Waals surface area contributed by atoms with Gasteiger partial charge in [-0.15, -0.1) is 0 Å². The Kier molecular flexibility index (Phi) is 9.94. The summed E-state index contributed by atoms with van der Waals surface area (Å²) < 4.78 is 100.0. The molecule has 3 rings (SSSR count). The van der Waals surface area contributed by atoms with Crippen LogP contribution in [0.25, 0.3) is 0 Å². The number of likely N-dealkylation sites (tertiary alicyclic amines) is 1. The van der Waals surface area contributed by atoms with E-state index in [9.17, 15) is 30.4 Å². The summed E-state index contributed by atoms with van der Waals surface area (Å²) in [5.74, 6) is 0. The van der Waals surface area contributed by atoms with Gasteiger partial charge in [0, 0.05) is 38.8 Å². The molecule has 1 aromatic rings. The zero-order chi connectivity index (χ0) is 26.5. The molecule has 0 radical (unpaired) electrons. The van der Waals surface area contributed by atoms with Gasteiger partial charge in [0.1, 0.15) is 4.90 Å². The Morgan fingerprint density at radius 3 is 2.31 bits per heavy atom. The number of ether oxygens (including phenoxy) is 1. The standard InChI is InChI=1S/C23H35F5N4O3S/c1-30(13-14-35-2)19-7-11-32(12-8-19)20-4-3-17(23(26,27)28)15-21(20)36(33,34)29-18-5-9-31(10-6-18)16-22(24)25/h3-4,15,18-19,22,29H,5-14,16H2,1-2H3. The van der Waals surface area contributed by atoms with Crippen LogP contribution < -0.4 is 9.62 Å². The van der Waals surface area contributed by atoms with E-state index in [0.29, 0.717) is 38.6 Å². The zero-order valence-electron chi connectivity index (χ0n) is 20.6. The highest BCUT2D eigenvalue weighted by Crippen LogP contribution is 2.36. The fraction of sp³-hybridized carbons (Fsp3) is 0.739. The highest BCUT2D eigenvalue weighted by molar-refractivity contribution is 7.89. The minimum absolute atomic E-state index is 0.239. The largest absolute Gasteiger partial charge is 0.416 e. The number of halogens is 5. The zero-order valence-corrected chi connectivity index (χ0v) is 21.4. The molecule has 1 aromatic carbocycles. The molecule has 0 unspecified atom stereocenters. The van der Waals surface area contributed by atoms with Crippen molar-refractivity contribution in [3.8, 4) is 0 Å². The Labute approximate surface area is 209 Å². The van der Waals surface area contributed by atoms with Gasteiger partial charge in [-0.2, -0.15) is 13.2 Å². The third-order valence-corrected chi connectivity index (χ3v) is 8.51. The number of hydrogen-bond acceptors (Lipinski definition) is 6. The third kappa shape index (κ3) is 7.73. The number of piperidine rings is 2. The van der Waals surface area contributed by atoms with Crippen LogP contribution in [-0.4, -0.2) is 96.8 Å². The number of sulfonamides is 1. The number of nitrogens with zero attached hydrogens (tertiary/aromatic N) is 3. The second-order valence-corrected chi connectivity index (χ2v) is 11.1. The molecule has 2 saturated heterocycles. The molecule has 0 bridgehead atoms. The normalized spacial score (nSPS) is 19.5. The van der Waals surface area contributed by atoms with Gasteiger partial charge in [-0.05, 0) is 64.0 Å². The van der Waals surface area contributed by atoms with Gasteiger partial charge >= 0.3 is 6.18 Å². The minimum atomic E-state index is -4.69. The first kappa shape index (κ1) is 29.0. The van der Waals surface area contributed by atoms with Gasteiger partial charge in [-0.1, -0.05) is 0 Å². The van der Waals surface area contributed by atoms with E-state index in [1.54, 1.807) is 12.0 Å². The molecule has 2 heterocycles. The van der Waals surface area contributed by atoms with E-state index in [1.165, 1.54) is 6.07 Å². The van der Waals surface area contributed by atoms with E-state index >= 15 is 0 Å². The van der Waals surface area contributed by atoms with Crippen molar-refractivity contribution in [3.05, 3.63) is 23.8 Å². The molecular formula is C23H35F5N4O3S. The summed E-state index contributed by atoms with van der Waals surface area (Å²) in [6, 6.07) is 2.57. The monoisotopic (exact) mass is 542 g/mol. The maximum absolute atomic E-state index is 13.5. The van der Waals surface area contributed by atoms with Gasteiger partial charge < -0.3 is 14.5 Å². The van der Waals surface area contributed by atoms with Crippen LogP contribution in [0.3, 0.4) is 0 Å². The van der Waals surface area contributed by atoms with Gasteiger partial charge in [-0.3, -0.25) is 4.90 Å². The van der Waals surface area contributed by atoms with E-state index in [-0.39, 0.29) is 31.4 Å². The Balaban J connectivity index is 1.77. The number of nitrogens with one attached hydrogen (secondary N) is 1. The van der Waals surface area contributed by atoms with Gasteiger partial charge in [-0.25, -0.2) is 21.9 Å². The molecule has 2 aliphatic heterocycles. The predicted molar refractivity (Wildman–Crippen MR) is 127 cm³/mol. The first-order valence-electron chi connectivity index (χ1n) is 12.1. The number of likely N-dealkylation sites (N-methyl/N-ethyl adjacent to an activating group) is 1. The Morgan fingerprint density at radius 2 is 1.75 bits per heavy atom. The summed E-state index contributed by atoms with van der Waals surface area (Å²) in [5.41, 5.74) is -0.795. The molecule has 36 heavy (non-hydrogen) atoms. The van der Waals surface area contributed by atoms with Crippen LogP contribution >= 0.6 is 0 Å². The lowest BCUT2D eigenvalue weighted by molar-refractivity contribution is -0.137. The van der Waals surface area contributed by atoms with E-state index < -0.39 is 39.1 Å². The quantitative estimate of drug-likeness (QED) is 0.458. The van der Waals surface area contributed by atoms with Crippen molar-refractivity contribution < 1.29 is 35.1 Å². The van der Waals surface area contributed by atoms with Crippen LogP contribution in [0.15, 0.2) is 23.1 Å². The minimum Gasteiger partial charge on any atom is -0.383 e. The molecule has 2 fully saturated rings. The lowest BCUT2D eigenvalue weighted by Crippen LogP contribution is -2.46. The first-order chi connectivity index (χ1) is 16.9. The number of hydrogen-bond donors (Lipinski definition) is 1. The summed E-state index contributed by atoms with van der Waals surface area (Å²) in [6.45, 7) is 2.54. The molecule has 0 aromatic heterocycles. The fourth-order valence-corrected chi connectivity index (χ4v) is 6.40. The summed E-state index contributed by atoms with van der Waals surface area (Å²) in [6.07, 6.45) is -5.10. The number of benzene rings is 1. The highest BCUT2D eigenvalue weighted by Gasteiger charge is 2.35. The molecule has 0 spiro atoms. The predicted octanol–water partition coefficient (Wildman–Crippen LogP) is 3.26. The van der Waals surface area contributed by atoms with Crippen molar-refractivity contribution >= 4 is 15.7 Å². The SMILES string of the molecule is COCCN(C)C1CCN(c2ccc(C(F)(F)F)cc2S(=O)(=O)NC2CCN(CC(F)F)CC2)CC1. The van der Waals surface area contributed by atoms with E-state index in [1.807, 2.05) is 11.9 Å². The lowest BCUT2D eigenvalue weighted by Gasteiger charge is -2.38. The number of methoxy groups -OCH3 is 1. The van der Waals surface area contributed by atoms with Gasteiger partial charge in [0.2, 0.25) is 10.0 Å². The summed E-state index contributed by atoms with van der Waals surface area (Å²) in [5, 5.41) is 0. The molecule has 1 N–H and O–H groups in total. The average molecular weight is 543 g/mol. The van der Waals surface area contributed by atoms with Crippen molar-refractivity contribution in [2.75, 3.05) is 64.9 Å². The molecule has 2 aliphatic rings. The molecule has 0 atom stereocenters. The molecule has 0 aliphatic carbocycles. The van der Waals surface area contributed by atoms with Crippen LogP contribution in [0.5, 0.6) is 0 Å². The smallest absolute Gasteiger partial charge is 0.383 e. The maximum Gasteiger partial charge on any atom is 0.416 e. The van der Waals surface area contributed by atoms with Crippen LogP contribution in [0.1, 0.15) is 31.2 Å². The molecule has 0 saturated carbocycles. The van der Waals surface area contributed by atoms with E-state index in [2.05, 4.69) is 9.62 Å². The summed E-state index contributed by atoms with van der Waals surface area (Å²) in [4.78, 5) is 5.14. The molecular weight excluding hydrogens is 507 g/mol.